The van der Waals surface area contributed by atoms with Crippen LogP contribution in [0, 0.1) is 6.92 Å². The minimum Gasteiger partial charge on any atom is -0.369 e. The van der Waals surface area contributed by atoms with Crippen LogP contribution in [0.4, 0.5) is 11.1 Å². The van der Waals surface area contributed by atoms with Gasteiger partial charge in [-0.25, -0.2) is 15.0 Å². The Balaban J connectivity index is 1.78. The molecule has 0 unspecified atom stereocenters. The van der Waals surface area contributed by atoms with Crippen molar-refractivity contribution < 1.29 is 9.59 Å². The Hall–Kier alpha value is -2.20. The molecule has 0 aliphatic rings. The average molecular weight is 352 g/mol. The number of nitrogens with zero attached hydrogens (tertiary/aromatic N) is 3. The fourth-order valence-electron chi connectivity index (χ4n) is 1.57. The third-order valence-electron chi connectivity index (χ3n) is 2.55. The molecule has 2 amide bonds. The maximum absolute atomic E-state index is 11.9. The number of thiazole rings is 1. The Bertz CT molecular complexity index is 676. The van der Waals surface area contributed by atoms with Crippen molar-refractivity contribution >= 4 is 46.0 Å². The highest BCUT2D eigenvalue weighted by molar-refractivity contribution is 8.01. The number of nitrogens with one attached hydrogen (secondary N) is 2. The van der Waals surface area contributed by atoms with Gasteiger partial charge in [0.1, 0.15) is 0 Å². The highest BCUT2D eigenvalue weighted by atomic mass is 32.2. The van der Waals surface area contributed by atoms with Crippen LogP contribution in [0.15, 0.2) is 22.7 Å². The smallest absolute Gasteiger partial charge is 0.227 e. The van der Waals surface area contributed by atoms with Crippen molar-refractivity contribution in [2.45, 2.75) is 17.6 Å². The molecule has 10 heteroatoms. The molecule has 0 bridgehead atoms. The summed E-state index contributed by atoms with van der Waals surface area (Å²) in [5, 5.41) is 6.20. The highest BCUT2D eigenvalue weighted by Crippen LogP contribution is 2.31. The van der Waals surface area contributed by atoms with Crippen LogP contribution < -0.4 is 16.4 Å². The third kappa shape index (κ3) is 5.83. The van der Waals surface area contributed by atoms with E-state index >= 15 is 0 Å². The molecule has 0 saturated carbocycles. The number of aromatic nitrogens is 3. The molecular weight excluding hydrogens is 336 g/mol. The summed E-state index contributed by atoms with van der Waals surface area (Å²) < 4.78 is 0.870. The predicted molar refractivity (Wildman–Crippen MR) is 90.5 cm³/mol. The Morgan fingerprint density at radius 2 is 2.09 bits per heavy atom. The van der Waals surface area contributed by atoms with Gasteiger partial charge >= 0.3 is 0 Å². The van der Waals surface area contributed by atoms with Crippen LogP contribution in [0.2, 0.25) is 0 Å². The summed E-state index contributed by atoms with van der Waals surface area (Å²) in [5.41, 5.74) is 5.89. The second-order valence-corrected chi connectivity index (χ2v) is 6.69. The van der Waals surface area contributed by atoms with E-state index in [-0.39, 0.29) is 24.0 Å². The highest BCUT2D eigenvalue weighted by Gasteiger charge is 2.11. The molecule has 0 fully saturated rings. The Kier molecular flexibility index (Phi) is 6.29. The minimum absolute atomic E-state index is 0.159. The van der Waals surface area contributed by atoms with Gasteiger partial charge in [-0.2, -0.15) is 0 Å². The van der Waals surface area contributed by atoms with Crippen molar-refractivity contribution in [3.63, 3.8) is 0 Å². The molecule has 0 spiro atoms. The molecule has 0 radical (unpaired) electrons. The van der Waals surface area contributed by atoms with Gasteiger partial charge in [-0.05, 0) is 13.0 Å². The van der Waals surface area contributed by atoms with Crippen molar-refractivity contribution in [1.29, 1.82) is 0 Å². The molecular formula is C13H16N6O2S2. The van der Waals surface area contributed by atoms with Gasteiger partial charge in [0.05, 0.1) is 15.7 Å². The zero-order chi connectivity index (χ0) is 16.7. The van der Waals surface area contributed by atoms with E-state index in [4.69, 9.17) is 5.73 Å². The summed E-state index contributed by atoms with van der Waals surface area (Å²) in [6, 6.07) is 1.72. The number of carbonyl (C=O) groups excluding carboxylic acids is 2. The van der Waals surface area contributed by atoms with Crippen LogP contribution in [0.25, 0.3) is 0 Å². The molecule has 2 heterocycles. The minimum atomic E-state index is -0.386. The number of hydrogen-bond acceptors (Lipinski definition) is 8. The summed E-state index contributed by atoms with van der Waals surface area (Å²) in [6.45, 7) is 2.24. The van der Waals surface area contributed by atoms with Crippen molar-refractivity contribution in [3.05, 3.63) is 24.2 Å². The number of hydrogen-bond donors (Lipinski definition) is 3. The standard InChI is InChI=1S/C13H16N6O2S2/c1-8-11(22-7-9(14)20)23-13(18-8)19-10(21)3-6-17-12-15-4-2-5-16-12/h2,4-5H,3,6-7H2,1H3,(H2,14,20)(H,15,16,17)(H,18,19,21). The SMILES string of the molecule is Cc1nc(NC(=O)CCNc2ncccn2)sc1SCC(N)=O. The van der Waals surface area contributed by atoms with Crippen molar-refractivity contribution in [3.8, 4) is 0 Å². The largest absolute Gasteiger partial charge is 0.369 e. The van der Waals surface area contributed by atoms with E-state index in [1.807, 2.05) is 6.92 Å². The van der Waals surface area contributed by atoms with Gasteiger partial charge < -0.3 is 16.4 Å². The van der Waals surface area contributed by atoms with Crippen molar-refractivity contribution in [1.82, 2.24) is 15.0 Å². The number of carbonyl (C=O) groups is 2. The van der Waals surface area contributed by atoms with Crippen molar-refractivity contribution in [2.75, 3.05) is 22.9 Å². The molecule has 2 aromatic heterocycles. The number of primary amides is 1. The Morgan fingerprint density at radius 3 is 2.78 bits per heavy atom. The van der Waals surface area contributed by atoms with Crippen molar-refractivity contribution in [2.24, 2.45) is 5.73 Å². The van der Waals surface area contributed by atoms with Gasteiger partial charge in [-0.3, -0.25) is 9.59 Å². The summed E-state index contributed by atoms with van der Waals surface area (Å²) in [4.78, 5) is 35.0. The maximum Gasteiger partial charge on any atom is 0.227 e. The van der Waals surface area contributed by atoms with Crippen LogP contribution >= 0.6 is 23.1 Å². The number of aryl methyl sites for hydroxylation is 1. The molecule has 0 aromatic carbocycles. The molecule has 4 N–H and O–H groups in total. The Labute approximate surface area is 141 Å². The summed E-state index contributed by atoms with van der Waals surface area (Å²) in [5.74, 6) is 0.129. The Morgan fingerprint density at radius 1 is 1.35 bits per heavy atom. The quantitative estimate of drug-likeness (QED) is 0.611. The van der Waals surface area contributed by atoms with Gasteiger partial charge in [0.25, 0.3) is 0 Å². The first-order valence-electron chi connectivity index (χ1n) is 6.74. The van der Waals surface area contributed by atoms with E-state index in [1.54, 1.807) is 18.5 Å². The number of anilines is 2. The predicted octanol–water partition coefficient (Wildman–Crippen LogP) is 1.26. The fraction of sp³-hybridized carbons (Fsp3) is 0.308. The normalized spacial score (nSPS) is 10.3. The first-order valence-corrected chi connectivity index (χ1v) is 8.54. The lowest BCUT2D eigenvalue weighted by Gasteiger charge is -2.03. The zero-order valence-corrected chi connectivity index (χ0v) is 14.0. The van der Waals surface area contributed by atoms with Crippen LogP contribution in [-0.4, -0.2) is 39.1 Å². The average Bonchev–Trinajstić information content (AvgIpc) is 2.86. The molecule has 0 aliphatic carbocycles. The topological polar surface area (TPSA) is 123 Å². The van der Waals surface area contributed by atoms with Crippen LogP contribution in [-0.2, 0) is 9.59 Å². The summed E-state index contributed by atoms with van der Waals surface area (Å²) in [7, 11) is 0. The van der Waals surface area contributed by atoms with Gasteiger partial charge in [-0.15, -0.1) is 11.8 Å². The second kappa shape index (κ2) is 8.44. The first-order chi connectivity index (χ1) is 11.0. The zero-order valence-electron chi connectivity index (χ0n) is 12.4. The first kappa shape index (κ1) is 17.2. The van der Waals surface area contributed by atoms with Crippen LogP contribution in [0.5, 0.6) is 0 Å². The van der Waals surface area contributed by atoms with E-state index in [9.17, 15) is 9.59 Å². The van der Waals surface area contributed by atoms with Gasteiger partial charge in [0, 0.05) is 25.4 Å². The monoisotopic (exact) mass is 352 g/mol. The molecule has 0 atom stereocenters. The molecule has 2 aromatic rings. The maximum atomic E-state index is 11.9. The second-order valence-electron chi connectivity index (χ2n) is 4.44. The fourth-order valence-corrected chi connectivity index (χ4v) is 3.46. The van der Waals surface area contributed by atoms with Gasteiger partial charge in [0.2, 0.25) is 17.8 Å². The van der Waals surface area contributed by atoms with E-state index < -0.39 is 0 Å². The number of thioether (sulfide) groups is 1. The van der Waals surface area contributed by atoms with Crippen LogP contribution in [0.3, 0.4) is 0 Å². The van der Waals surface area contributed by atoms with E-state index in [0.717, 1.165) is 9.90 Å². The molecule has 0 saturated heterocycles. The lowest BCUT2D eigenvalue weighted by atomic mass is 10.4. The van der Waals surface area contributed by atoms with Gasteiger partial charge in [-0.1, -0.05) is 11.3 Å². The molecule has 2 rings (SSSR count). The van der Waals surface area contributed by atoms with E-state index in [0.29, 0.717) is 17.6 Å². The van der Waals surface area contributed by atoms with E-state index in [2.05, 4.69) is 25.6 Å². The molecule has 122 valence electrons. The number of nitrogens with two attached hydrogens (primary N) is 1. The van der Waals surface area contributed by atoms with Crippen LogP contribution in [0.1, 0.15) is 12.1 Å². The molecule has 0 aliphatic heterocycles. The van der Waals surface area contributed by atoms with E-state index in [1.165, 1.54) is 23.1 Å². The lowest BCUT2D eigenvalue weighted by Crippen LogP contribution is -2.16. The summed E-state index contributed by atoms with van der Waals surface area (Å²) >= 11 is 2.65. The third-order valence-corrected chi connectivity index (χ3v) is 5.00. The molecule has 23 heavy (non-hydrogen) atoms. The lowest BCUT2D eigenvalue weighted by molar-refractivity contribution is -0.116. The summed E-state index contributed by atoms with van der Waals surface area (Å²) in [6.07, 6.45) is 3.51. The number of amides is 2. The molecule has 8 nitrogen and oxygen atoms in total. The number of rotatable bonds is 8. The van der Waals surface area contributed by atoms with Gasteiger partial charge in [0.15, 0.2) is 5.13 Å².